The number of carbonyl (C=O) groups excluding carboxylic acids is 1. The maximum atomic E-state index is 11.0. The molecule has 1 amide bonds. The van der Waals surface area contributed by atoms with Crippen molar-refractivity contribution in [3.8, 4) is 0 Å². The highest BCUT2D eigenvalue weighted by Crippen LogP contribution is 2.28. The van der Waals surface area contributed by atoms with E-state index < -0.39 is 0 Å². The Labute approximate surface area is 144 Å². The van der Waals surface area contributed by atoms with Gasteiger partial charge in [0.15, 0.2) is 0 Å². The van der Waals surface area contributed by atoms with E-state index >= 15 is 0 Å². The van der Waals surface area contributed by atoms with E-state index in [-0.39, 0.29) is 5.91 Å². The topological polar surface area (TPSA) is 42.0 Å². The number of nitrogens with one attached hydrogen (secondary N) is 1. The molecule has 2 aromatic carbocycles. The summed E-state index contributed by atoms with van der Waals surface area (Å²) in [5.41, 5.74) is 2.72. The highest BCUT2D eigenvalue weighted by atomic mass is 35.5. The van der Waals surface area contributed by atoms with Crippen LogP contribution in [0, 0.1) is 0 Å². The Bertz CT molecular complexity index is 849. The van der Waals surface area contributed by atoms with E-state index in [0.717, 1.165) is 32.8 Å². The molecule has 1 aromatic heterocycles. The Kier molecular flexibility index (Phi) is 4.84. The molecule has 0 saturated carbocycles. The van der Waals surface area contributed by atoms with Gasteiger partial charge < -0.3 is 5.32 Å². The number of hydrogen-bond acceptors (Lipinski definition) is 3. The number of carbonyl (C=O) groups is 1. The van der Waals surface area contributed by atoms with Crippen LogP contribution in [-0.4, -0.2) is 10.9 Å². The molecule has 1 heterocycles. The predicted molar refractivity (Wildman–Crippen MR) is 97.1 cm³/mol. The molecule has 3 nitrogen and oxygen atoms in total. The summed E-state index contributed by atoms with van der Waals surface area (Å²) in [5.74, 6) is 0.676. The first kappa shape index (κ1) is 15.8. The standard InChI is InChI=1S/C18H15ClN2OS/c1-12(22)20-15-6-8-16(9-7-15)23-11-14-10-13-4-2-3-5-17(13)21-18(14)19/h2-10H,11H2,1H3,(H,20,22). The monoisotopic (exact) mass is 342 g/mol. The van der Waals surface area contributed by atoms with Crippen LogP contribution < -0.4 is 5.32 Å². The molecule has 5 heteroatoms. The average molecular weight is 343 g/mol. The van der Waals surface area contributed by atoms with Crippen molar-refractivity contribution in [2.24, 2.45) is 0 Å². The number of amides is 1. The second-order valence-electron chi connectivity index (χ2n) is 5.13. The minimum Gasteiger partial charge on any atom is -0.326 e. The number of para-hydroxylation sites is 1. The molecule has 0 aliphatic heterocycles. The second-order valence-corrected chi connectivity index (χ2v) is 6.53. The summed E-state index contributed by atoms with van der Waals surface area (Å²) in [4.78, 5) is 16.6. The van der Waals surface area contributed by atoms with Crippen molar-refractivity contribution in [3.63, 3.8) is 0 Å². The number of halogens is 1. The van der Waals surface area contributed by atoms with Crippen LogP contribution in [0.3, 0.4) is 0 Å². The minimum absolute atomic E-state index is 0.0700. The zero-order chi connectivity index (χ0) is 16.2. The molecule has 3 rings (SSSR count). The van der Waals surface area contributed by atoms with Gasteiger partial charge in [-0.05, 0) is 36.4 Å². The van der Waals surface area contributed by atoms with Gasteiger partial charge in [0.1, 0.15) is 5.15 Å². The summed E-state index contributed by atoms with van der Waals surface area (Å²) in [5, 5.41) is 4.39. The SMILES string of the molecule is CC(=O)Nc1ccc(SCc2cc3ccccc3nc2Cl)cc1. The molecule has 0 spiro atoms. The van der Waals surface area contributed by atoms with Crippen LogP contribution in [-0.2, 0) is 10.5 Å². The number of nitrogens with zero attached hydrogens (tertiary/aromatic N) is 1. The van der Waals surface area contributed by atoms with Crippen LogP contribution in [0.4, 0.5) is 5.69 Å². The molecule has 1 N–H and O–H groups in total. The van der Waals surface area contributed by atoms with E-state index in [4.69, 9.17) is 11.6 Å². The zero-order valence-electron chi connectivity index (χ0n) is 12.5. The Morgan fingerprint density at radius 3 is 2.65 bits per heavy atom. The van der Waals surface area contributed by atoms with Crippen LogP contribution >= 0.6 is 23.4 Å². The smallest absolute Gasteiger partial charge is 0.221 e. The maximum Gasteiger partial charge on any atom is 0.221 e. The van der Waals surface area contributed by atoms with Gasteiger partial charge in [0.05, 0.1) is 5.52 Å². The zero-order valence-corrected chi connectivity index (χ0v) is 14.1. The van der Waals surface area contributed by atoms with Crippen molar-refractivity contribution >= 4 is 45.9 Å². The van der Waals surface area contributed by atoms with Crippen molar-refractivity contribution in [2.75, 3.05) is 5.32 Å². The number of fused-ring (bicyclic) bond motifs is 1. The summed E-state index contributed by atoms with van der Waals surface area (Å²) in [6.07, 6.45) is 0. The molecule has 116 valence electrons. The maximum absolute atomic E-state index is 11.0. The first-order valence-corrected chi connectivity index (χ1v) is 8.53. The number of thioether (sulfide) groups is 1. The van der Waals surface area contributed by atoms with Crippen molar-refractivity contribution in [1.29, 1.82) is 0 Å². The van der Waals surface area contributed by atoms with Crippen molar-refractivity contribution in [2.45, 2.75) is 17.6 Å². The number of anilines is 1. The van der Waals surface area contributed by atoms with E-state index in [1.165, 1.54) is 6.92 Å². The summed E-state index contributed by atoms with van der Waals surface area (Å²) in [6.45, 7) is 1.50. The highest BCUT2D eigenvalue weighted by Gasteiger charge is 2.06. The molecule has 0 fully saturated rings. The van der Waals surface area contributed by atoms with Gasteiger partial charge in [0, 0.05) is 34.2 Å². The van der Waals surface area contributed by atoms with Crippen molar-refractivity contribution in [3.05, 3.63) is 65.3 Å². The van der Waals surface area contributed by atoms with Gasteiger partial charge in [0.2, 0.25) is 5.91 Å². The van der Waals surface area contributed by atoms with Gasteiger partial charge in [0.25, 0.3) is 0 Å². The number of benzene rings is 2. The number of pyridine rings is 1. The molecule has 0 aliphatic rings. The third-order valence-corrected chi connectivity index (χ3v) is 4.71. The summed E-state index contributed by atoms with van der Waals surface area (Å²) < 4.78 is 0. The van der Waals surface area contributed by atoms with Gasteiger partial charge in [-0.3, -0.25) is 4.79 Å². The fourth-order valence-corrected chi connectivity index (χ4v) is 3.40. The van der Waals surface area contributed by atoms with E-state index in [0.29, 0.717) is 5.15 Å². The van der Waals surface area contributed by atoms with Crippen LogP contribution in [0.15, 0.2) is 59.5 Å². The van der Waals surface area contributed by atoms with Gasteiger partial charge in [-0.25, -0.2) is 4.98 Å². The largest absolute Gasteiger partial charge is 0.326 e. The molecule has 0 aliphatic carbocycles. The number of rotatable bonds is 4. The van der Waals surface area contributed by atoms with Crippen molar-refractivity contribution in [1.82, 2.24) is 4.98 Å². The van der Waals surface area contributed by atoms with Gasteiger partial charge in [-0.2, -0.15) is 0 Å². The fourth-order valence-electron chi connectivity index (χ4n) is 2.24. The van der Waals surface area contributed by atoms with Crippen LogP contribution in [0.25, 0.3) is 10.9 Å². The molecule has 0 radical (unpaired) electrons. The lowest BCUT2D eigenvalue weighted by molar-refractivity contribution is -0.114. The molecule has 0 unspecified atom stereocenters. The van der Waals surface area contributed by atoms with Crippen LogP contribution in [0.2, 0.25) is 5.15 Å². The summed E-state index contributed by atoms with van der Waals surface area (Å²) >= 11 is 7.97. The Hall–Kier alpha value is -2.04. The minimum atomic E-state index is -0.0700. The Morgan fingerprint density at radius 1 is 1.17 bits per heavy atom. The van der Waals surface area contributed by atoms with Gasteiger partial charge in [-0.15, -0.1) is 11.8 Å². The molecular formula is C18H15ClN2OS. The first-order valence-electron chi connectivity index (χ1n) is 7.16. The fraction of sp³-hybridized carbons (Fsp3) is 0.111. The lowest BCUT2D eigenvalue weighted by Crippen LogP contribution is -2.05. The van der Waals surface area contributed by atoms with E-state index in [1.54, 1.807) is 11.8 Å². The lowest BCUT2D eigenvalue weighted by Gasteiger charge is -2.07. The molecular weight excluding hydrogens is 328 g/mol. The van der Waals surface area contributed by atoms with E-state index in [1.807, 2.05) is 48.5 Å². The summed E-state index contributed by atoms with van der Waals surface area (Å²) in [7, 11) is 0. The van der Waals surface area contributed by atoms with E-state index in [9.17, 15) is 4.79 Å². The molecule has 23 heavy (non-hydrogen) atoms. The first-order chi connectivity index (χ1) is 11.1. The normalized spacial score (nSPS) is 10.7. The van der Waals surface area contributed by atoms with Crippen molar-refractivity contribution < 1.29 is 4.79 Å². The second kappa shape index (κ2) is 7.02. The Balaban J connectivity index is 1.72. The van der Waals surface area contributed by atoms with Gasteiger partial charge >= 0.3 is 0 Å². The third kappa shape index (κ3) is 4.03. The predicted octanol–water partition coefficient (Wildman–Crippen LogP) is 5.14. The number of aromatic nitrogens is 1. The quantitative estimate of drug-likeness (QED) is 0.527. The number of hydrogen-bond donors (Lipinski definition) is 1. The van der Waals surface area contributed by atoms with E-state index in [2.05, 4.69) is 16.4 Å². The highest BCUT2D eigenvalue weighted by molar-refractivity contribution is 7.98. The van der Waals surface area contributed by atoms with Crippen LogP contribution in [0.1, 0.15) is 12.5 Å². The molecule has 0 saturated heterocycles. The molecule has 0 atom stereocenters. The van der Waals surface area contributed by atoms with Crippen LogP contribution in [0.5, 0.6) is 0 Å². The molecule has 0 bridgehead atoms. The Morgan fingerprint density at radius 2 is 1.91 bits per heavy atom. The van der Waals surface area contributed by atoms with Gasteiger partial charge in [-0.1, -0.05) is 29.8 Å². The molecule has 3 aromatic rings. The third-order valence-electron chi connectivity index (χ3n) is 3.32. The average Bonchev–Trinajstić information content (AvgIpc) is 2.54. The lowest BCUT2D eigenvalue weighted by atomic mass is 10.2. The summed E-state index contributed by atoms with van der Waals surface area (Å²) in [6, 6.07) is 17.8.